The van der Waals surface area contributed by atoms with E-state index in [0.717, 1.165) is 16.5 Å². The van der Waals surface area contributed by atoms with Gasteiger partial charge in [0.2, 0.25) is 0 Å². The van der Waals surface area contributed by atoms with Gasteiger partial charge in [-0.3, -0.25) is 4.79 Å². The van der Waals surface area contributed by atoms with Crippen LogP contribution in [-0.4, -0.2) is 38.9 Å². The molecule has 0 fully saturated rings. The van der Waals surface area contributed by atoms with Gasteiger partial charge < -0.3 is 24.3 Å². The predicted octanol–water partition coefficient (Wildman–Crippen LogP) is 1.45. The third-order valence-corrected chi connectivity index (χ3v) is 6.11. The molecule has 2 aromatic heterocycles. The van der Waals surface area contributed by atoms with Crippen LogP contribution in [0.5, 0.6) is 5.75 Å². The molecular weight excluding hydrogens is 388 g/mol. The summed E-state index contributed by atoms with van der Waals surface area (Å²) in [6, 6.07) is 9.17. The van der Waals surface area contributed by atoms with Crippen LogP contribution in [0.4, 0.5) is 0 Å². The zero-order valence-electron chi connectivity index (χ0n) is 16.5. The van der Waals surface area contributed by atoms with Gasteiger partial charge in [-0.2, -0.15) is 0 Å². The molecule has 0 spiro atoms. The molecule has 8 nitrogen and oxygen atoms in total. The van der Waals surface area contributed by atoms with Crippen LogP contribution in [0, 0.1) is 0 Å². The highest BCUT2D eigenvalue weighted by Crippen LogP contribution is 2.39. The molecular formula is C22H20N2O6. The molecule has 1 aromatic carbocycles. The van der Waals surface area contributed by atoms with E-state index in [1.807, 2.05) is 24.3 Å². The predicted molar refractivity (Wildman–Crippen MR) is 107 cm³/mol. The topological polar surface area (TPSA) is 111 Å². The monoisotopic (exact) mass is 408 g/mol. The third kappa shape index (κ3) is 2.44. The first kappa shape index (κ1) is 18.8. The van der Waals surface area contributed by atoms with Crippen LogP contribution >= 0.6 is 0 Å². The van der Waals surface area contributed by atoms with Gasteiger partial charge >= 0.3 is 5.97 Å². The van der Waals surface area contributed by atoms with Crippen LogP contribution < -0.4 is 10.3 Å². The molecule has 2 aliphatic heterocycles. The van der Waals surface area contributed by atoms with Crippen molar-refractivity contribution in [3.8, 4) is 17.1 Å². The molecule has 154 valence electrons. The van der Waals surface area contributed by atoms with E-state index >= 15 is 0 Å². The SMILES string of the molecule is CC[C@]1(O)c2cc3n(c(=O)c2COC(=O)[C@@H]1O)Cc1cc2cc(OC)ccc2nc1-3. The summed E-state index contributed by atoms with van der Waals surface area (Å²) in [7, 11) is 1.60. The average molecular weight is 408 g/mol. The van der Waals surface area contributed by atoms with E-state index < -0.39 is 17.7 Å². The first-order valence-electron chi connectivity index (χ1n) is 9.69. The summed E-state index contributed by atoms with van der Waals surface area (Å²) < 4.78 is 11.9. The molecule has 0 saturated carbocycles. The summed E-state index contributed by atoms with van der Waals surface area (Å²) in [4.78, 5) is 30.1. The Balaban J connectivity index is 1.76. The summed E-state index contributed by atoms with van der Waals surface area (Å²) in [6.07, 6.45) is -1.74. The number of methoxy groups -OCH3 is 1. The first-order chi connectivity index (χ1) is 14.4. The van der Waals surface area contributed by atoms with Gasteiger partial charge in [-0.15, -0.1) is 0 Å². The molecule has 0 saturated heterocycles. The number of esters is 1. The number of fused-ring (bicyclic) bond motifs is 5. The van der Waals surface area contributed by atoms with Crippen LogP contribution in [0.15, 0.2) is 35.1 Å². The largest absolute Gasteiger partial charge is 0.497 e. The van der Waals surface area contributed by atoms with Crippen LogP contribution in [-0.2, 0) is 28.3 Å². The Morgan fingerprint density at radius 3 is 2.83 bits per heavy atom. The standard InChI is InChI=1S/C22H20N2O6/c1-3-22(28)15-8-17-18-12(6-11-7-13(29-2)4-5-16(11)23-18)9-24(17)20(26)14(15)10-30-21(27)19(22)25/h4-8,19,25,28H,3,9-10H2,1-2H3/t19-,22-/m0/s1. The van der Waals surface area contributed by atoms with Crippen molar-refractivity contribution >= 4 is 16.9 Å². The number of ether oxygens (including phenoxy) is 2. The van der Waals surface area contributed by atoms with Gasteiger partial charge in [0.15, 0.2) is 6.10 Å². The quantitative estimate of drug-likeness (QED) is 0.483. The minimum atomic E-state index is -1.91. The number of hydrogen-bond donors (Lipinski definition) is 2. The zero-order valence-corrected chi connectivity index (χ0v) is 16.5. The summed E-state index contributed by atoms with van der Waals surface area (Å²) in [6.45, 7) is 1.66. The van der Waals surface area contributed by atoms with Crippen molar-refractivity contribution in [2.45, 2.75) is 38.2 Å². The normalized spacial score (nSPS) is 22.1. The second-order valence-electron chi connectivity index (χ2n) is 7.66. The van der Waals surface area contributed by atoms with E-state index in [1.54, 1.807) is 24.7 Å². The Labute approximate surface area is 171 Å². The summed E-state index contributed by atoms with van der Waals surface area (Å²) in [5, 5.41) is 22.4. The second-order valence-corrected chi connectivity index (χ2v) is 7.66. The third-order valence-electron chi connectivity index (χ3n) is 6.11. The maximum absolute atomic E-state index is 13.3. The van der Waals surface area contributed by atoms with E-state index in [2.05, 4.69) is 0 Å². The van der Waals surface area contributed by atoms with E-state index in [4.69, 9.17) is 14.5 Å². The van der Waals surface area contributed by atoms with E-state index in [-0.39, 0.29) is 29.7 Å². The van der Waals surface area contributed by atoms with Crippen molar-refractivity contribution in [1.82, 2.24) is 9.55 Å². The van der Waals surface area contributed by atoms with Crippen LogP contribution in [0.1, 0.15) is 30.0 Å². The highest BCUT2D eigenvalue weighted by molar-refractivity contribution is 5.85. The van der Waals surface area contributed by atoms with E-state index in [0.29, 0.717) is 23.7 Å². The number of hydrogen-bond acceptors (Lipinski definition) is 7. The second kappa shape index (κ2) is 6.38. The maximum atomic E-state index is 13.3. The van der Waals surface area contributed by atoms with Gasteiger partial charge in [-0.25, -0.2) is 9.78 Å². The molecule has 0 unspecified atom stereocenters. The average Bonchev–Trinajstić information content (AvgIpc) is 3.08. The molecule has 30 heavy (non-hydrogen) atoms. The number of carbonyl (C=O) groups is 1. The van der Waals surface area contributed by atoms with Gasteiger partial charge in [0.05, 0.1) is 36.1 Å². The van der Waals surface area contributed by atoms with Gasteiger partial charge in [-0.1, -0.05) is 6.92 Å². The first-order valence-corrected chi connectivity index (χ1v) is 9.69. The van der Waals surface area contributed by atoms with Crippen LogP contribution in [0.3, 0.4) is 0 Å². The Bertz CT molecular complexity index is 1280. The lowest BCUT2D eigenvalue weighted by Crippen LogP contribution is -2.44. The molecule has 0 amide bonds. The number of pyridine rings is 2. The zero-order chi connectivity index (χ0) is 21.2. The van der Waals surface area contributed by atoms with Crippen molar-refractivity contribution in [3.05, 3.63) is 57.4 Å². The number of aliphatic hydroxyl groups excluding tert-OH is 1. The lowest BCUT2D eigenvalue weighted by atomic mass is 9.83. The summed E-state index contributed by atoms with van der Waals surface area (Å²) in [5.74, 6) is -0.231. The van der Waals surface area contributed by atoms with Crippen molar-refractivity contribution < 1.29 is 24.5 Å². The van der Waals surface area contributed by atoms with Crippen molar-refractivity contribution in [2.24, 2.45) is 0 Å². The summed E-state index contributed by atoms with van der Waals surface area (Å²) >= 11 is 0. The van der Waals surface area contributed by atoms with Gasteiger partial charge in [0.1, 0.15) is 18.0 Å². The molecule has 0 bridgehead atoms. The number of nitrogens with zero attached hydrogens (tertiary/aromatic N) is 2. The Morgan fingerprint density at radius 1 is 1.30 bits per heavy atom. The number of benzene rings is 1. The van der Waals surface area contributed by atoms with Crippen molar-refractivity contribution in [3.63, 3.8) is 0 Å². The molecule has 2 atom stereocenters. The smallest absolute Gasteiger partial charge is 0.338 e. The molecule has 4 heterocycles. The number of aromatic nitrogens is 2. The fraction of sp³-hybridized carbons (Fsp3) is 0.318. The van der Waals surface area contributed by atoms with Gasteiger partial charge in [0.25, 0.3) is 5.56 Å². The number of carbonyl (C=O) groups excluding carboxylic acids is 1. The molecule has 5 rings (SSSR count). The van der Waals surface area contributed by atoms with Crippen LogP contribution in [0.25, 0.3) is 22.3 Å². The maximum Gasteiger partial charge on any atom is 0.338 e. The van der Waals surface area contributed by atoms with Gasteiger partial charge in [0, 0.05) is 16.5 Å². The summed E-state index contributed by atoms with van der Waals surface area (Å²) in [5.41, 5.74) is 0.897. The lowest BCUT2D eigenvalue weighted by Gasteiger charge is -2.30. The molecule has 0 radical (unpaired) electrons. The molecule has 8 heteroatoms. The number of aliphatic hydroxyl groups is 2. The Kier molecular flexibility index (Phi) is 4.00. The molecule has 3 aromatic rings. The highest BCUT2D eigenvalue weighted by Gasteiger charge is 2.46. The minimum Gasteiger partial charge on any atom is -0.497 e. The van der Waals surface area contributed by atoms with E-state index in [1.165, 1.54) is 0 Å². The molecule has 2 aliphatic rings. The highest BCUT2D eigenvalue weighted by atomic mass is 16.6. The molecule has 2 N–H and O–H groups in total. The van der Waals surface area contributed by atoms with Gasteiger partial charge in [-0.05, 0) is 36.8 Å². The van der Waals surface area contributed by atoms with Crippen molar-refractivity contribution in [2.75, 3.05) is 7.11 Å². The van der Waals surface area contributed by atoms with Crippen LogP contribution in [0.2, 0.25) is 0 Å². The lowest BCUT2D eigenvalue weighted by molar-refractivity contribution is -0.170. The number of rotatable bonds is 2. The Hall–Kier alpha value is -3.23. The minimum absolute atomic E-state index is 0.0387. The molecule has 0 aliphatic carbocycles. The number of cyclic esters (lactones) is 1. The van der Waals surface area contributed by atoms with E-state index in [9.17, 15) is 19.8 Å². The fourth-order valence-electron chi connectivity index (χ4n) is 4.35. The van der Waals surface area contributed by atoms with Crippen molar-refractivity contribution in [1.29, 1.82) is 0 Å². The Morgan fingerprint density at radius 2 is 2.10 bits per heavy atom. The fourth-order valence-corrected chi connectivity index (χ4v) is 4.35.